The number of imide groups is 1. The van der Waals surface area contributed by atoms with Gasteiger partial charge in [0, 0.05) is 12.2 Å². The van der Waals surface area contributed by atoms with Crippen LogP contribution in [0, 0.1) is 23.2 Å². The van der Waals surface area contributed by atoms with Crippen molar-refractivity contribution in [3.05, 3.63) is 23.4 Å². The Kier molecular flexibility index (Phi) is 5.70. The highest BCUT2D eigenvalue weighted by atomic mass is 16.5. The van der Waals surface area contributed by atoms with Gasteiger partial charge in [0.15, 0.2) is 6.61 Å². The van der Waals surface area contributed by atoms with E-state index in [1.54, 1.807) is 6.07 Å². The Morgan fingerprint density at radius 1 is 1.28 bits per heavy atom. The van der Waals surface area contributed by atoms with Gasteiger partial charge in [-0.3, -0.25) is 24.1 Å². The topological polar surface area (TPSA) is 131 Å². The minimum atomic E-state index is -0.728. The van der Waals surface area contributed by atoms with Crippen molar-refractivity contribution in [3.63, 3.8) is 0 Å². The lowest BCUT2D eigenvalue weighted by Crippen LogP contribution is -2.33. The molecule has 0 aromatic heterocycles. The average molecular weight is 345 g/mol. The smallest absolute Gasteiger partial charge is 0.308 e. The molecule has 2 unspecified atom stereocenters. The second kappa shape index (κ2) is 7.75. The van der Waals surface area contributed by atoms with Crippen LogP contribution in [0.25, 0.3) is 0 Å². The number of fused-ring (bicyclic) bond motifs is 1. The fraction of sp³-hybridized carbons (Fsp3) is 0.471. The molecule has 2 rings (SSSR count). The lowest BCUT2D eigenvalue weighted by atomic mass is 9.85. The van der Waals surface area contributed by atoms with E-state index < -0.39 is 18.4 Å². The van der Waals surface area contributed by atoms with Crippen molar-refractivity contribution in [1.29, 1.82) is 5.26 Å². The molecule has 132 valence electrons. The van der Waals surface area contributed by atoms with Gasteiger partial charge in [-0.05, 0) is 19.8 Å². The van der Waals surface area contributed by atoms with Gasteiger partial charge in [0.1, 0.15) is 11.6 Å². The maximum absolute atomic E-state index is 12.2. The molecular formula is C17H19N3O5. The van der Waals surface area contributed by atoms with Crippen LogP contribution in [-0.2, 0) is 23.9 Å². The quantitative estimate of drug-likeness (QED) is 0.239. The minimum Gasteiger partial charge on any atom is -0.457 e. The van der Waals surface area contributed by atoms with Crippen LogP contribution in [0.5, 0.6) is 0 Å². The maximum atomic E-state index is 12.2. The molecule has 8 nitrogen and oxygen atoms in total. The van der Waals surface area contributed by atoms with Crippen molar-refractivity contribution in [3.8, 4) is 6.07 Å². The largest absolute Gasteiger partial charge is 0.457 e. The normalized spacial score (nSPS) is 23.0. The van der Waals surface area contributed by atoms with Crippen molar-refractivity contribution in [2.24, 2.45) is 17.6 Å². The van der Waals surface area contributed by atoms with E-state index >= 15 is 0 Å². The van der Waals surface area contributed by atoms with Crippen LogP contribution in [0.15, 0.2) is 23.4 Å². The van der Waals surface area contributed by atoms with Gasteiger partial charge in [-0.2, -0.15) is 5.26 Å². The average Bonchev–Trinajstić information content (AvgIpc) is 2.83. The first-order chi connectivity index (χ1) is 11.9. The molecule has 2 aliphatic rings. The van der Waals surface area contributed by atoms with Crippen LogP contribution in [-0.4, -0.2) is 41.6 Å². The molecule has 8 heteroatoms. The summed E-state index contributed by atoms with van der Waals surface area (Å²) in [5, 5.41) is 8.80. The van der Waals surface area contributed by atoms with Gasteiger partial charge in [0.2, 0.25) is 17.6 Å². The number of Topliss-reactive ketones (excluding diaryl/α,β-unsaturated/α-hetero) is 1. The van der Waals surface area contributed by atoms with Crippen LogP contribution in [0.3, 0.4) is 0 Å². The Morgan fingerprint density at radius 2 is 1.84 bits per heavy atom. The number of amides is 2. The van der Waals surface area contributed by atoms with Gasteiger partial charge in [-0.1, -0.05) is 12.2 Å². The molecule has 0 saturated carbocycles. The summed E-state index contributed by atoms with van der Waals surface area (Å²) in [7, 11) is 0. The number of hydrogen-bond acceptors (Lipinski definition) is 7. The van der Waals surface area contributed by atoms with Crippen molar-refractivity contribution < 1.29 is 23.9 Å². The van der Waals surface area contributed by atoms with Crippen LogP contribution in [0.1, 0.15) is 26.2 Å². The predicted octanol–water partition coefficient (Wildman–Crippen LogP) is 0.196. The number of allylic oxidation sites excluding steroid dienone is 3. The number of carbonyl (C=O) groups excluding carboxylic acids is 4. The number of rotatable bonds is 6. The molecule has 1 heterocycles. The first-order valence-corrected chi connectivity index (χ1v) is 7.92. The molecule has 2 amide bonds. The van der Waals surface area contributed by atoms with Crippen molar-refractivity contribution in [2.75, 3.05) is 13.2 Å². The number of nitriles is 1. The van der Waals surface area contributed by atoms with Gasteiger partial charge in [-0.25, -0.2) is 0 Å². The zero-order chi connectivity index (χ0) is 18.6. The molecule has 0 aromatic carbocycles. The van der Waals surface area contributed by atoms with E-state index in [0.29, 0.717) is 12.8 Å². The fourth-order valence-corrected chi connectivity index (χ4v) is 2.95. The number of ether oxygens (including phenoxy) is 1. The van der Waals surface area contributed by atoms with Gasteiger partial charge in [-0.15, -0.1) is 0 Å². The molecule has 1 aliphatic heterocycles. The first kappa shape index (κ1) is 18.4. The van der Waals surface area contributed by atoms with Crippen molar-refractivity contribution >= 4 is 23.6 Å². The van der Waals surface area contributed by atoms with Gasteiger partial charge in [0.05, 0.1) is 18.3 Å². The molecule has 2 atom stereocenters. The molecular weight excluding hydrogens is 326 g/mol. The van der Waals surface area contributed by atoms with E-state index in [0.717, 1.165) is 4.90 Å². The summed E-state index contributed by atoms with van der Waals surface area (Å²) in [4.78, 5) is 49.0. The lowest BCUT2D eigenvalue weighted by Gasteiger charge is -2.14. The van der Waals surface area contributed by atoms with Crippen LogP contribution < -0.4 is 5.73 Å². The van der Waals surface area contributed by atoms with E-state index in [2.05, 4.69) is 0 Å². The molecule has 25 heavy (non-hydrogen) atoms. The van der Waals surface area contributed by atoms with Crippen molar-refractivity contribution in [1.82, 2.24) is 4.90 Å². The summed E-state index contributed by atoms with van der Waals surface area (Å²) in [6.07, 6.45) is 4.63. The van der Waals surface area contributed by atoms with Crippen molar-refractivity contribution in [2.45, 2.75) is 26.2 Å². The number of nitrogens with zero attached hydrogens (tertiary/aromatic N) is 2. The third-order valence-corrected chi connectivity index (χ3v) is 4.29. The van der Waals surface area contributed by atoms with E-state index in [1.807, 2.05) is 12.2 Å². The molecule has 2 N–H and O–H groups in total. The number of carbonyl (C=O) groups is 4. The predicted molar refractivity (Wildman–Crippen MR) is 85.2 cm³/mol. The SMILES string of the molecule is CC(N)=C(C#N)C(=O)COC(=O)CCN1C(=O)C2CC=CCC2C1=O. The first-order valence-electron chi connectivity index (χ1n) is 7.92. The zero-order valence-corrected chi connectivity index (χ0v) is 13.9. The number of nitrogens with two attached hydrogens (primary N) is 1. The number of ketones is 1. The second-order valence-corrected chi connectivity index (χ2v) is 5.99. The number of likely N-dealkylation sites (tertiary alicyclic amines) is 1. The Bertz CT molecular complexity index is 686. The Morgan fingerprint density at radius 3 is 2.32 bits per heavy atom. The molecule has 0 radical (unpaired) electrons. The summed E-state index contributed by atoms with van der Waals surface area (Å²) in [5.74, 6) is -2.64. The maximum Gasteiger partial charge on any atom is 0.308 e. The van der Waals surface area contributed by atoms with Crippen LogP contribution in [0.4, 0.5) is 0 Å². The third kappa shape index (κ3) is 3.94. The molecule has 1 aliphatic carbocycles. The Balaban J connectivity index is 1.84. The van der Waals surface area contributed by atoms with E-state index in [9.17, 15) is 19.2 Å². The highest BCUT2D eigenvalue weighted by Gasteiger charge is 2.46. The highest BCUT2D eigenvalue weighted by molar-refractivity contribution is 6.05. The van der Waals surface area contributed by atoms with Gasteiger partial charge in [0.25, 0.3) is 0 Å². The highest BCUT2D eigenvalue weighted by Crippen LogP contribution is 2.34. The molecule has 0 spiro atoms. The van der Waals surface area contributed by atoms with Crippen LogP contribution >= 0.6 is 0 Å². The summed E-state index contributed by atoms with van der Waals surface area (Å²) in [6.45, 7) is 0.721. The Hall–Kier alpha value is -2.95. The van der Waals surface area contributed by atoms with Gasteiger partial charge >= 0.3 is 5.97 Å². The summed E-state index contributed by atoms with van der Waals surface area (Å²) < 4.78 is 4.79. The number of hydrogen-bond donors (Lipinski definition) is 1. The molecule has 1 fully saturated rings. The van der Waals surface area contributed by atoms with E-state index in [-0.39, 0.29) is 47.9 Å². The fourth-order valence-electron chi connectivity index (χ4n) is 2.95. The summed E-state index contributed by atoms with van der Waals surface area (Å²) >= 11 is 0. The van der Waals surface area contributed by atoms with E-state index in [4.69, 9.17) is 15.7 Å². The molecule has 0 bridgehead atoms. The lowest BCUT2D eigenvalue weighted by molar-refractivity contribution is -0.148. The Labute approximate surface area is 144 Å². The molecule has 1 saturated heterocycles. The van der Waals surface area contributed by atoms with Crippen LogP contribution in [0.2, 0.25) is 0 Å². The van der Waals surface area contributed by atoms with E-state index in [1.165, 1.54) is 6.92 Å². The number of esters is 1. The second-order valence-electron chi connectivity index (χ2n) is 5.99. The van der Waals surface area contributed by atoms with Gasteiger partial charge < -0.3 is 10.5 Å². The minimum absolute atomic E-state index is 0.0491. The standard InChI is InChI=1S/C17H19N3O5/c1-10(19)13(8-18)14(21)9-25-15(22)6-7-20-16(23)11-4-2-3-5-12(11)17(20)24/h2-3,11-12H,4-7,9,19H2,1H3. The molecule has 0 aromatic rings. The summed E-state index contributed by atoms with van der Waals surface area (Å²) in [6, 6.07) is 1.65. The zero-order valence-electron chi connectivity index (χ0n) is 13.9. The third-order valence-electron chi connectivity index (χ3n) is 4.29. The summed E-state index contributed by atoms with van der Waals surface area (Å²) in [5.41, 5.74) is 5.19. The monoisotopic (exact) mass is 345 g/mol.